The average molecular weight is 564 g/mol. The van der Waals surface area contributed by atoms with Crippen LogP contribution in [0.4, 0.5) is 0 Å². The summed E-state index contributed by atoms with van der Waals surface area (Å²) in [5.41, 5.74) is 1.67. The predicted octanol–water partition coefficient (Wildman–Crippen LogP) is 1.66. The topological polar surface area (TPSA) is 136 Å². The Bertz CT molecular complexity index is 1210. The smallest absolute Gasteiger partial charge is 0.332 e. The van der Waals surface area contributed by atoms with Crippen molar-refractivity contribution in [3.63, 3.8) is 0 Å². The minimum absolute atomic E-state index is 0.100. The third-order valence-corrected chi connectivity index (χ3v) is 6.20. The van der Waals surface area contributed by atoms with E-state index in [1.54, 1.807) is 32.4 Å². The molecule has 1 unspecified atom stereocenters. The predicted molar refractivity (Wildman–Crippen MR) is 146 cm³/mol. The highest BCUT2D eigenvalue weighted by Crippen LogP contribution is 2.25. The van der Waals surface area contributed by atoms with E-state index < -0.39 is 23.5 Å². The number of aromatic nitrogens is 2. The van der Waals surface area contributed by atoms with Gasteiger partial charge in [-0.25, -0.2) is 9.59 Å². The maximum absolute atomic E-state index is 13.0. The molecule has 40 heavy (non-hydrogen) atoms. The molecule has 1 aromatic carbocycles. The third kappa shape index (κ3) is 9.26. The number of amides is 2. The number of nitrogens with zero attached hydrogens (tertiary/aromatic N) is 2. The fraction of sp³-hybridized carbons (Fsp3) is 0.643. The number of imide groups is 1. The van der Waals surface area contributed by atoms with Gasteiger partial charge < -0.3 is 23.7 Å². The summed E-state index contributed by atoms with van der Waals surface area (Å²) >= 11 is 0. The molecule has 1 aliphatic rings. The number of para-hydroxylation sites is 1. The van der Waals surface area contributed by atoms with Crippen molar-refractivity contribution in [3.8, 4) is 0 Å². The zero-order chi connectivity index (χ0) is 29.1. The summed E-state index contributed by atoms with van der Waals surface area (Å²) in [6.45, 7) is 8.24. The Kier molecular flexibility index (Phi) is 11.9. The molecule has 3 rings (SSSR count). The number of carbonyl (C=O) groups is 3. The molecule has 1 N–H and O–H groups in total. The summed E-state index contributed by atoms with van der Waals surface area (Å²) in [6, 6.07) is 4.99. The third-order valence-electron chi connectivity index (χ3n) is 6.20. The first-order valence-electron chi connectivity index (χ1n) is 13.6. The maximum Gasteiger partial charge on any atom is 0.332 e. The summed E-state index contributed by atoms with van der Waals surface area (Å²) in [4.78, 5) is 48.5. The molecule has 0 spiro atoms. The number of esters is 1. The summed E-state index contributed by atoms with van der Waals surface area (Å²) < 4.78 is 30.0. The number of benzene rings is 1. The molecule has 222 valence electrons. The molecular formula is C28H41N3O9. The lowest BCUT2D eigenvalue weighted by atomic mass is 10.0. The van der Waals surface area contributed by atoms with Crippen LogP contribution in [0.1, 0.15) is 51.6 Å². The Labute approximate surface area is 233 Å². The van der Waals surface area contributed by atoms with Crippen molar-refractivity contribution in [2.75, 3.05) is 52.9 Å². The van der Waals surface area contributed by atoms with Crippen LogP contribution in [-0.2, 0) is 51.5 Å². The molecule has 2 amide bonds. The van der Waals surface area contributed by atoms with Gasteiger partial charge in [-0.15, -0.1) is 0 Å². The monoisotopic (exact) mass is 563 g/mol. The number of hydrogen-bond acceptors (Lipinski definition) is 9. The van der Waals surface area contributed by atoms with E-state index in [-0.39, 0.29) is 24.6 Å². The van der Waals surface area contributed by atoms with Gasteiger partial charge in [0, 0.05) is 20.1 Å². The molecule has 1 atom stereocenters. The van der Waals surface area contributed by atoms with Crippen molar-refractivity contribution >= 4 is 28.8 Å². The van der Waals surface area contributed by atoms with Crippen molar-refractivity contribution in [3.05, 3.63) is 34.2 Å². The molecule has 12 heteroatoms. The summed E-state index contributed by atoms with van der Waals surface area (Å²) in [6.07, 6.45) is 1.97. The number of ether oxygens (including phenoxy) is 5. The van der Waals surface area contributed by atoms with Crippen LogP contribution in [0.2, 0.25) is 0 Å². The first-order chi connectivity index (χ1) is 19.1. The zero-order valence-electron chi connectivity index (χ0n) is 23.9. The maximum atomic E-state index is 13.0. The Morgan fingerprint density at radius 1 is 0.950 bits per heavy atom. The second kappa shape index (κ2) is 15.1. The van der Waals surface area contributed by atoms with Gasteiger partial charge in [0.1, 0.15) is 18.2 Å². The Balaban J connectivity index is 1.29. The van der Waals surface area contributed by atoms with Gasteiger partial charge in [-0.1, -0.05) is 12.1 Å². The molecule has 2 aromatic rings. The largest absolute Gasteiger partial charge is 0.458 e. The standard InChI is InChI=1S/C28H41N3O9/c1-28(2,3)40-24(33)19-39-18-17-38-16-15-37-14-13-36-12-6-8-20-7-5-9-21-25(20)30(4)27(35)31(21)22-10-11-23(32)29-26(22)34/h5,7,9,22H,6,8,10-19H2,1-4H3,(H,29,32,34). The molecule has 0 bridgehead atoms. The SMILES string of the molecule is Cn1c(=O)n(C2CCC(=O)NC2=O)c2cccc(CCCOCCOCCOCCOCC(=O)OC(C)(C)C)c21. The van der Waals surface area contributed by atoms with E-state index in [2.05, 4.69) is 5.32 Å². The molecule has 1 aromatic heterocycles. The van der Waals surface area contributed by atoms with Crippen molar-refractivity contribution < 1.29 is 38.1 Å². The average Bonchev–Trinajstić information content (AvgIpc) is 3.13. The van der Waals surface area contributed by atoms with Gasteiger partial charge >= 0.3 is 11.7 Å². The van der Waals surface area contributed by atoms with Gasteiger partial charge in [0.2, 0.25) is 11.8 Å². The molecule has 1 aliphatic heterocycles. The van der Waals surface area contributed by atoms with Gasteiger partial charge in [0.05, 0.1) is 50.7 Å². The lowest BCUT2D eigenvalue weighted by Gasteiger charge is -2.21. The molecule has 12 nitrogen and oxygen atoms in total. The zero-order valence-corrected chi connectivity index (χ0v) is 23.9. The van der Waals surface area contributed by atoms with Crippen molar-refractivity contribution in [1.82, 2.24) is 14.5 Å². The fourth-order valence-electron chi connectivity index (χ4n) is 4.50. The van der Waals surface area contributed by atoms with Crippen LogP contribution in [0.15, 0.2) is 23.0 Å². The van der Waals surface area contributed by atoms with Gasteiger partial charge in [-0.2, -0.15) is 0 Å². The molecule has 2 heterocycles. The van der Waals surface area contributed by atoms with Crippen LogP contribution in [0, 0.1) is 0 Å². The number of imidazole rings is 1. The fourth-order valence-corrected chi connectivity index (χ4v) is 4.50. The van der Waals surface area contributed by atoms with E-state index >= 15 is 0 Å². The number of nitrogens with one attached hydrogen (secondary N) is 1. The highest BCUT2D eigenvalue weighted by atomic mass is 16.6. The first kappa shape index (κ1) is 31.5. The van der Waals surface area contributed by atoms with Gasteiger partial charge in [-0.3, -0.25) is 24.0 Å². The minimum atomic E-state index is -0.699. The van der Waals surface area contributed by atoms with Crippen LogP contribution in [0.3, 0.4) is 0 Å². The van der Waals surface area contributed by atoms with Crippen LogP contribution < -0.4 is 11.0 Å². The summed E-state index contributed by atoms with van der Waals surface area (Å²) in [5.74, 6) is -1.15. The highest BCUT2D eigenvalue weighted by molar-refractivity contribution is 6.00. The minimum Gasteiger partial charge on any atom is -0.458 e. The van der Waals surface area contributed by atoms with Crippen LogP contribution in [0.5, 0.6) is 0 Å². The Morgan fingerprint density at radius 2 is 1.57 bits per heavy atom. The number of fused-ring (bicyclic) bond motifs is 1. The first-order valence-corrected chi connectivity index (χ1v) is 13.6. The molecule has 0 aliphatic carbocycles. The summed E-state index contributed by atoms with van der Waals surface area (Å²) in [7, 11) is 1.70. The quantitative estimate of drug-likeness (QED) is 0.184. The Hall–Kier alpha value is -3.06. The van der Waals surface area contributed by atoms with Gasteiger partial charge in [0.15, 0.2) is 0 Å². The van der Waals surface area contributed by atoms with Crippen LogP contribution in [0.25, 0.3) is 11.0 Å². The molecule has 1 saturated heterocycles. The lowest BCUT2D eigenvalue weighted by Crippen LogP contribution is -2.44. The number of piperidine rings is 1. The van der Waals surface area contributed by atoms with Gasteiger partial charge in [0.25, 0.3) is 0 Å². The van der Waals surface area contributed by atoms with E-state index in [4.69, 9.17) is 23.7 Å². The molecule has 0 radical (unpaired) electrons. The number of aryl methyl sites for hydroxylation is 2. The molecule has 1 fully saturated rings. The van der Waals surface area contributed by atoms with E-state index in [1.807, 2.05) is 18.2 Å². The van der Waals surface area contributed by atoms with Gasteiger partial charge in [-0.05, 0) is 51.7 Å². The lowest BCUT2D eigenvalue weighted by molar-refractivity contribution is -0.160. The second-order valence-corrected chi connectivity index (χ2v) is 10.5. The molecule has 0 saturated carbocycles. The second-order valence-electron chi connectivity index (χ2n) is 10.5. The van der Waals surface area contributed by atoms with Crippen LogP contribution in [-0.4, -0.2) is 85.4 Å². The van der Waals surface area contributed by atoms with E-state index in [1.165, 1.54) is 4.57 Å². The number of carbonyl (C=O) groups excluding carboxylic acids is 3. The van der Waals surface area contributed by atoms with Crippen molar-refractivity contribution in [2.24, 2.45) is 7.05 Å². The van der Waals surface area contributed by atoms with Crippen LogP contribution >= 0.6 is 0 Å². The molecular weight excluding hydrogens is 522 g/mol. The normalized spacial score (nSPS) is 15.9. The van der Waals surface area contributed by atoms with E-state index in [0.29, 0.717) is 64.6 Å². The van der Waals surface area contributed by atoms with Crippen molar-refractivity contribution in [2.45, 2.75) is 58.1 Å². The highest BCUT2D eigenvalue weighted by Gasteiger charge is 2.31. The summed E-state index contributed by atoms with van der Waals surface area (Å²) in [5, 5.41) is 2.33. The van der Waals surface area contributed by atoms with E-state index in [9.17, 15) is 19.2 Å². The van der Waals surface area contributed by atoms with E-state index in [0.717, 1.165) is 17.5 Å². The van der Waals surface area contributed by atoms with Crippen molar-refractivity contribution in [1.29, 1.82) is 0 Å². The number of rotatable bonds is 16. The number of hydrogen-bond donors (Lipinski definition) is 1. The Morgan fingerprint density at radius 3 is 2.20 bits per heavy atom.